The highest BCUT2D eigenvalue weighted by Gasteiger charge is 2.46. The summed E-state index contributed by atoms with van der Waals surface area (Å²) >= 11 is 0. The topological polar surface area (TPSA) is 17.0 Å². The normalized spacial score (nSPS) is 12.6. The standard InChI is InChI=1S/C65H44N2/c1-4-18-44(19-5-1)45-34-37-52(38-35-45)67-63-39-36-48(47-22-16-23-49(40-47)54-29-13-15-32-61(54)66-62-33-17-21-46-20-10-11-28-53(46)62)41-57(63)58-42-56-55-30-12-14-31-59(55)65(60(56)43-64(58)67,50-24-6-2-7-25-50)51-26-8-3-9-27-51/h1-43,66H. The van der Waals surface area contributed by atoms with Crippen LogP contribution < -0.4 is 5.32 Å². The van der Waals surface area contributed by atoms with Crippen LogP contribution in [0, 0.1) is 0 Å². The molecule has 0 saturated carbocycles. The van der Waals surface area contributed by atoms with Crippen molar-refractivity contribution in [2.75, 3.05) is 5.32 Å². The lowest BCUT2D eigenvalue weighted by Gasteiger charge is -2.34. The molecule has 0 saturated heterocycles. The van der Waals surface area contributed by atoms with Crippen LogP contribution in [0.5, 0.6) is 0 Å². The molecule has 0 spiro atoms. The number of fused-ring (bicyclic) bond motifs is 7. The zero-order chi connectivity index (χ0) is 44.3. The Balaban J connectivity index is 1.01. The first kappa shape index (κ1) is 38.7. The molecule has 12 aromatic rings. The van der Waals surface area contributed by atoms with Crippen LogP contribution in [0.2, 0.25) is 0 Å². The number of para-hydroxylation sites is 1. The van der Waals surface area contributed by atoms with Gasteiger partial charge in [-0.15, -0.1) is 0 Å². The van der Waals surface area contributed by atoms with E-state index in [2.05, 4.69) is 271 Å². The average Bonchev–Trinajstić information content (AvgIpc) is 3.88. The van der Waals surface area contributed by atoms with Crippen LogP contribution in [0.15, 0.2) is 261 Å². The molecule has 1 aromatic heterocycles. The minimum absolute atomic E-state index is 0.508. The Bertz CT molecular complexity index is 3770. The maximum absolute atomic E-state index is 3.80. The van der Waals surface area contributed by atoms with Crippen LogP contribution in [0.25, 0.3) is 82.8 Å². The second kappa shape index (κ2) is 15.8. The quantitative estimate of drug-likeness (QED) is 0.161. The van der Waals surface area contributed by atoms with E-state index in [1.54, 1.807) is 0 Å². The lowest BCUT2D eigenvalue weighted by molar-refractivity contribution is 0.769. The summed E-state index contributed by atoms with van der Waals surface area (Å²) in [6.45, 7) is 0. The molecule has 0 atom stereocenters. The fourth-order valence-corrected chi connectivity index (χ4v) is 11.0. The summed E-state index contributed by atoms with van der Waals surface area (Å²) in [6.07, 6.45) is 0. The first-order valence-electron chi connectivity index (χ1n) is 23.2. The van der Waals surface area contributed by atoms with Gasteiger partial charge >= 0.3 is 0 Å². The Morgan fingerprint density at radius 3 is 1.64 bits per heavy atom. The number of aromatic nitrogens is 1. The van der Waals surface area contributed by atoms with E-state index in [4.69, 9.17) is 0 Å². The third-order valence-electron chi connectivity index (χ3n) is 14.1. The molecule has 0 amide bonds. The number of nitrogens with zero attached hydrogens (tertiary/aromatic N) is 1. The Kier molecular flexibility index (Phi) is 9.11. The predicted octanol–water partition coefficient (Wildman–Crippen LogP) is 17.0. The maximum Gasteiger partial charge on any atom is 0.0714 e. The molecule has 2 heteroatoms. The largest absolute Gasteiger partial charge is 0.355 e. The van der Waals surface area contributed by atoms with Crippen LogP contribution >= 0.6 is 0 Å². The SMILES string of the molecule is c1ccc(-c2ccc(-n3c4ccc(-c5cccc(-c6ccccc6Nc6cccc7ccccc67)c5)cc4c4cc5c(cc43)C(c3ccccc3)(c3ccccc3)c3ccccc3-5)cc2)cc1. The second-order valence-corrected chi connectivity index (χ2v) is 17.7. The molecule has 0 aliphatic heterocycles. The maximum atomic E-state index is 3.80. The molecular formula is C65H44N2. The van der Waals surface area contributed by atoms with Gasteiger partial charge in [-0.3, -0.25) is 0 Å². The smallest absolute Gasteiger partial charge is 0.0714 e. The second-order valence-electron chi connectivity index (χ2n) is 17.7. The van der Waals surface area contributed by atoms with Gasteiger partial charge in [0.05, 0.1) is 16.4 Å². The fraction of sp³-hybridized carbons (Fsp3) is 0.0154. The average molecular weight is 853 g/mol. The van der Waals surface area contributed by atoms with Crippen molar-refractivity contribution >= 4 is 44.0 Å². The molecule has 1 N–H and O–H groups in total. The summed E-state index contributed by atoms with van der Waals surface area (Å²) < 4.78 is 2.48. The Hall–Kier alpha value is -8.72. The van der Waals surface area contributed by atoms with E-state index in [1.165, 1.54) is 88.2 Å². The molecule has 67 heavy (non-hydrogen) atoms. The van der Waals surface area contributed by atoms with Crippen LogP contribution in [0.3, 0.4) is 0 Å². The molecule has 11 aromatic carbocycles. The van der Waals surface area contributed by atoms with Gasteiger partial charge in [-0.2, -0.15) is 0 Å². The Labute approximate surface area is 390 Å². The molecule has 1 aliphatic carbocycles. The van der Waals surface area contributed by atoms with Gasteiger partial charge in [-0.05, 0) is 121 Å². The number of rotatable bonds is 8. The minimum atomic E-state index is -0.508. The molecule has 0 fully saturated rings. The third-order valence-corrected chi connectivity index (χ3v) is 14.1. The number of hydrogen-bond donors (Lipinski definition) is 1. The van der Waals surface area contributed by atoms with Crippen molar-refractivity contribution in [3.05, 3.63) is 283 Å². The monoisotopic (exact) mass is 852 g/mol. The summed E-state index contributed by atoms with van der Waals surface area (Å²) in [4.78, 5) is 0. The van der Waals surface area contributed by atoms with Crippen LogP contribution in [0.1, 0.15) is 22.3 Å². The van der Waals surface area contributed by atoms with Gasteiger partial charge in [0.25, 0.3) is 0 Å². The van der Waals surface area contributed by atoms with Gasteiger partial charge in [0.1, 0.15) is 0 Å². The van der Waals surface area contributed by atoms with E-state index in [1.807, 2.05) is 0 Å². The molecule has 0 bridgehead atoms. The summed E-state index contributed by atoms with van der Waals surface area (Å²) in [6, 6.07) is 95.7. The van der Waals surface area contributed by atoms with Gasteiger partial charge < -0.3 is 9.88 Å². The van der Waals surface area contributed by atoms with Gasteiger partial charge in [0, 0.05) is 38.8 Å². The van der Waals surface area contributed by atoms with E-state index in [0.717, 1.165) is 28.2 Å². The van der Waals surface area contributed by atoms with Gasteiger partial charge in [-0.1, -0.05) is 206 Å². The summed E-state index contributed by atoms with van der Waals surface area (Å²) in [5.41, 5.74) is 19.9. The zero-order valence-electron chi connectivity index (χ0n) is 36.8. The van der Waals surface area contributed by atoms with Crippen molar-refractivity contribution in [1.82, 2.24) is 4.57 Å². The van der Waals surface area contributed by atoms with E-state index in [9.17, 15) is 0 Å². The highest BCUT2D eigenvalue weighted by molar-refractivity contribution is 6.13. The highest BCUT2D eigenvalue weighted by Crippen LogP contribution is 2.57. The fourth-order valence-electron chi connectivity index (χ4n) is 11.0. The van der Waals surface area contributed by atoms with Crippen molar-refractivity contribution in [3.8, 4) is 50.2 Å². The third kappa shape index (κ3) is 6.26. The summed E-state index contributed by atoms with van der Waals surface area (Å²) in [5, 5.41) is 8.67. The number of nitrogens with one attached hydrogen (secondary N) is 1. The van der Waals surface area contributed by atoms with Crippen LogP contribution in [-0.2, 0) is 5.41 Å². The molecule has 0 unspecified atom stereocenters. The Morgan fingerprint density at radius 1 is 0.299 bits per heavy atom. The van der Waals surface area contributed by atoms with Crippen LogP contribution in [0.4, 0.5) is 11.4 Å². The van der Waals surface area contributed by atoms with Gasteiger partial charge in [-0.25, -0.2) is 0 Å². The Morgan fingerprint density at radius 2 is 0.851 bits per heavy atom. The van der Waals surface area contributed by atoms with Crippen molar-refractivity contribution in [2.24, 2.45) is 0 Å². The van der Waals surface area contributed by atoms with E-state index >= 15 is 0 Å². The summed E-state index contributed by atoms with van der Waals surface area (Å²) in [7, 11) is 0. The molecule has 2 nitrogen and oxygen atoms in total. The first-order chi connectivity index (χ1) is 33.2. The number of anilines is 2. The predicted molar refractivity (Wildman–Crippen MR) is 282 cm³/mol. The van der Waals surface area contributed by atoms with Crippen molar-refractivity contribution in [2.45, 2.75) is 5.41 Å². The molecule has 314 valence electrons. The van der Waals surface area contributed by atoms with Crippen molar-refractivity contribution < 1.29 is 0 Å². The highest BCUT2D eigenvalue weighted by atomic mass is 15.0. The lowest BCUT2D eigenvalue weighted by Crippen LogP contribution is -2.28. The molecular weight excluding hydrogens is 809 g/mol. The number of hydrogen-bond acceptors (Lipinski definition) is 1. The zero-order valence-corrected chi connectivity index (χ0v) is 36.8. The van der Waals surface area contributed by atoms with Crippen molar-refractivity contribution in [1.29, 1.82) is 0 Å². The van der Waals surface area contributed by atoms with Gasteiger partial charge in [0.2, 0.25) is 0 Å². The lowest BCUT2D eigenvalue weighted by atomic mass is 9.67. The van der Waals surface area contributed by atoms with Gasteiger partial charge in [0.15, 0.2) is 0 Å². The first-order valence-corrected chi connectivity index (χ1v) is 23.2. The number of benzene rings is 11. The molecule has 1 heterocycles. The van der Waals surface area contributed by atoms with Crippen LogP contribution in [-0.4, -0.2) is 4.57 Å². The van der Waals surface area contributed by atoms with Crippen molar-refractivity contribution in [3.63, 3.8) is 0 Å². The van der Waals surface area contributed by atoms with E-state index < -0.39 is 5.41 Å². The summed E-state index contributed by atoms with van der Waals surface area (Å²) in [5.74, 6) is 0. The molecule has 13 rings (SSSR count). The van der Waals surface area contributed by atoms with E-state index in [0.29, 0.717) is 0 Å². The minimum Gasteiger partial charge on any atom is -0.355 e. The van der Waals surface area contributed by atoms with E-state index in [-0.39, 0.29) is 0 Å². The molecule has 1 aliphatic rings. The molecule has 0 radical (unpaired) electrons.